The number of aromatic nitrogens is 2. The second-order valence-electron chi connectivity index (χ2n) is 6.20. The summed E-state index contributed by atoms with van der Waals surface area (Å²) < 4.78 is 2.08. The Balaban J connectivity index is 1.53. The fourth-order valence-electron chi connectivity index (χ4n) is 3.31. The molecule has 0 saturated carbocycles. The largest absolute Gasteiger partial charge is 0.349 e. The maximum absolute atomic E-state index is 12.2. The van der Waals surface area contributed by atoms with E-state index in [4.69, 9.17) is 0 Å². The van der Waals surface area contributed by atoms with Crippen molar-refractivity contribution in [3.63, 3.8) is 0 Å². The van der Waals surface area contributed by atoms with E-state index < -0.39 is 0 Å². The number of hydrogen-bond acceptors (Lipinski definition) is 2. The van der Waals surface area contributed by atoms with Crippen LogP contribution in [0.25, 0.3) is 0 Å². The van der Waals surface area contributed by atoms with E-state index in [-0.39, 0.29) is 11.9 Å². The van der Waals surface area contributed by atoms with E-state index in [1.807, 2.05) is 13.1 Å². The SMILES string of the molecule is Cc1nccn1CCCC(=O)N[C@H]1c2ccccc2C[C@H]1C. The van der Waals surface area contributed by atoms with Crippen LogP contribution in [-0.2, 0) is 17.8 Å². The van der Waals surface area contributed by atoms with Crippen molar-refractivity contribution in [3.05, 3.63) is 53.6 Å². The first-order valence-electron chi connectivity index (χ1n) is 8.00. The van der Waals surface area contributed by atoms with Gasteiger partial charge in [-0.25, -0.2) is 4.98 Å². The minimum atomic E-state index is 0.145. The van der Waals surface area contributed by atoms with Gasteiger partial charge in [-0.1, -0.05) is 31.2 Å². The maximum Gasteiger partial charge on any atom is 0.220 e. The third-order valence-corrected chi connectivity index (χ3v) is 4.54. The smallest absolute Gasteiger partial charge is 0.220 e. The third kappa shape index (κ3) is 3.06. The number of carbonyl (C=O) groups excluding carboxylic acids is 1. The van der Waals surface area contributed by atoms with Gasteiger partial charge < -0.3 is 9.88 Å². The van der Waals surface area contributed by atoms with Crippen LogP contribution in [0.5, 0.6) is 0 Å². The second kappa shape index (κ2) is 6.34. The molecule has 1 aliphatic rings. The zero-order valence-electron chi connectivity index (χ0n) is 13.2. The summed E-state index contributed by atoms with van der Waals surface area (Å²) in [5.74, 6) is 1.61. The lowest BCUT2D eigenvalue weighted by Crippen LogP contribution is -2.30. The zero-order chi connectivity index (χ0) is 15.5. The van der Waals surface area contributed by atoms with Crippen molar-refractivity contribution in [2.75, 3.05) is 0 Å². The van der Waals surface area contributed by atoms with Crippen LogP contribution in [0, 0.1) is 12.8 Å². The molecule has 2 aromatic rings. The van der Waals surface area contributed by atoms with E-state index in [0.29, 0.717) is 12.3 Å². The average molecular weight is 297 g/mol. The van der Waals surface area contributed by atoms with Crippen LogP contribution in [0.1, 0.15) is 42.8 Å². The molecule has 0 bridgehead atoms. The Labute approximate surface area is 131 Å². The zero-order valence-corrected chi connectivity index (χ0v) is 13.2. The van der Waals surface area contributed by atoms with Gasteiger partial charge in [-0.05, 0) is 36.8 Å². The second-order valence-corrected chi connectivity index (χ2v) is 6.20. The van der Waals surface area contributed by atoms with Gasteiger partial charge in [0, 0.05) is 25.4 Å². The molecule has 0 aliphatic heterocycles. The predicted molar refractivity (Wildman–Crippen MR) is 86.4 cm³/mol. The topological polar surface area (TPSA) is 46.9 Å². The summed E-state index contributed by atoms with van der Waals surface area (Å²) in [6.07, 6.45) is 6.21. The van der Waals surface area contributed by atoms with Crippen molar-refractivity contribution in [1.82, 2.24) is 14.9 Å². The Hall–Kier alpha value is -2.10. The minimum absolute atomic E-state index is 0.145. The van der Waals surface area contributed by atoms with Crippen molar-refractivity contribution >= 4 is 5.91 Å². The molecule has 3 rings (SSSR count). The van der Waals surface area contributed by atoms with Crippen LogP contribution in [0.3, 0.4) is 0 Å². The van der Waals surface area contributed by atoms with E-state index in [2.05, 4.69) is 46.1 Å². The number of fused-ring (bicyclic) bond motifs is 1. The molecule has 0 spiro atoms. The summed E-state index contributed by atoms with van der Waals surface area (Å²) in [6.45, 7) is 5.03. The van der Waals surface area contributed by atoms with Gasteiger partial charge in [0.1, 0.15) is 5.82 Å². The monoisotopic (exact) mass is 297 g/mol. The first-order chi connectivity index (χ1) is 10.6. The van der Waals surface area contributed by atoms with Gasteiger partial charge in [0.2, 0.25) is 5.91 Å². The molecule has 0 saturated heterocycles. The molecule has 1 amide bonds. The molecule has 0 radical (unpaired) electrons. The Kier molecular flexibility index (Phi) is 4.27. The summed E-state index contributed by atoms with van der Waals surface area (Å²) >= 11 is 0. The first kappa shape index (κ1) is 14.8. The number of hydrogen-bond donors (Lipinski definition) is 1. The summed E-state index contributed by atoms with van der Waals surface area (Å²) in [6, 6.07) is 8.60. The van der Waals surface area contributed by atoms with Crippen LogP contribution < -0.4 is 5.32 Å². The normalized spacial score (nSPS) is 19.9. The molecule has 1 aromatic carbocycles. The van der Waals surface area contributed by atoms with E-state index in [0.717, 1.165) is 25.2 Å². The highest BCUT2D eigenvalue weighted by atomic mass is 16.1. The first-order valence-corrected chi connectivity index (χ1v) is 8.00. The maximum atomic E-state index is 12.2. The molecular formula is C18H23N3O. The van der Waals surface area contributed by atoms with Gasteiger partial charge in [0.15, 0.2) is 0 Å². The Morgan fingerprint density at radius 2 is 2.23 bits per heavy atom. The molecule has 1 N–H and O–H groups in total. The number of rotatable bonds is 5. The van der Waals surface area contributed by atoms with E-state index in [1.165, 1.54) is 11.1 Å². The van der Waals surface area contributed by atoms with E-state index >= 15 is 0 Å². The number of nitrogens with one attached hydrogen (secondary N) is 1. The predicted octanol–water partition coefficient (Wildman–Crippen LogP) is 3.02. The lowest BCUT2D eigenvalue weighted by atomic mass is 10.0. The van der Waals surface area contributed by atoms with Gasteiger partial charge in [-0.15, -0.1) is 0 Å². The molecule has 2 atom stereocenters. The fraction of sp³-hybridized carbons (Fsp3) is 0.444. The molecule has 22 heavy (non-hydrogen) atoms. The number of benzene rings is 1. The Morgan fingerprint density at radius 1 is 1.41 bits per heavy atom. The van der Waals surface area contributed by atoms with Gasteiger partial charge in [0.25, 0.3) is 0 Å². The van der Waals surface area contributed by atoms with Crippen molar-refractivity contribution in [2.45, 2.75) is 45.7 Å². The van der Waals surface area contributed by atoms with Crippen LogP contribution in [0.15, 0.2) is 36.7 Å². The molecule has 4 heteroatoms. The van der Waals surface area contributed by atoms with Crippen molar-refractivity contribution < 1.29 is 4.79 Å². The molecule has 1 aliphatic carbocycles. The number of imidazole rings is 1. The number of nitrogens with zero attached hydrogens (tertiary/aromatic N) is 2. The lowest BCUT2D eigenvalue weighted by molar-refractivity contribution is -0.122. The van der Waals surface area contributed by atoms with Crippen LogP contribution in [-0.4, -0.2) is 15.5 Å². The summed E-state index contributed by atoms with van der Waals surface area (Å²) in [5, 5.41) is 3.22. The van der Waals surface area contributed by atoms with Crippen LogP contribution in [0.2, 0.25) is 0 Å². The number of carbonyl (C=O) groups is 1. The minimum Gasteiger partial charge on any atom is -0.349 e. The summed E-state index contributed by atoms with van der Waals surface area (Å²) in [4.78, 5) is 16.4. The van der Waals surface area contributed by atoms with Gasteiger partial charge in [-0.2, -0.15) is 0 Å². The third-order valence-electron chi connectivity index (χ3n) is 4.54. The fourth-order valence-corrected chi connectivity index (χ4v) is 3.31. The molecule has 116 valence electrons. The summed E-state index contributed by atoms with van der Waals surface area (Å²) in [7, 11) is 0. The molecule has 4 nitrogen and oxygen atoms in total. The van der Waals surface area contributed by atoms with E-state index in [9.17, 15) is 4.79 Å². The van der Waals surface area contributed by atoms with Gasteiger partial charge >= 0.3 is 0 Å². The quantitative estimate of drug-likeness (QED) is 0.922. The van der Waals surface area contributed by atoms with Crippen LogP contribution in [0.4, 0.5) is 0 Å². The number of amides is 1. The Morgan fingerprint density at radius 3 is 3.00 bits per heavy atom. The number of aryl methyl sites for hydroxylation is 2. The summed E-state index contributed by atoms with van der Waals surface area (Å²) in [5.41, 5.74) is 2.66. The highest BCUT2D eigenvalue weighted by Crippen LogP contribution is 2.35. The molecule has 1 aromatic heterocycles. The van der Waals surface area contributed by atoms with Crippen molar-refractivity contribution in [3.8, 4) is 0 Å². The average Bonchev–Trinajstić information content (AvgIpc) is 3.04. The van der Waals surface area contributed by atoms with Crippen molar-refractivity contribution in [2.24, 2.45) is 5.92 Å². The molecular weight excluding hydrogens is 274 g/mol. The lowest BCUT2D eigenvalue weighted by Gasteiger charge is -2.19. The van der Waals surface area contributed by atoms with Gasteiger partial charge in [-0.3, -0.25) is 4.79 Å². The standard InChI is InChI=1S/C18H23N3O/c1-13-12-15-6-3-4-7-16(15)18(13)20-17(22)8-5-10-21-11-9-19-14(21)2/h3-4,6-7,9,11,13,18H,5,8,10,12H2,1-2H3,(H,20,22)/t13-,18-/m1/s1. The van der Waals surface area contributed by atoms with Crippen LogP contribution >= 0.6 is 0 Å². The highest BCUT2D eigenvalue weighted by Gasteiger charge is 2.29. The van der Waals surface area contributed by atoms with E-state index in [1.54, 1.807) is 6.20 Å². The van der Waals surface area contributed by atoms with Gasteiger partial charge in [0.05, 0.1) is 6.04 Å². The highest BCUT2D eigenvalue weighted by molar-refractivity contribution is 5.76. The molecule has 1 heterocycles. The molecule has 0 unspecified atom stereocenters. The van der Waals surface area contributed by atoms with Crippen molar-refractivity contribution in [1.29, 1.82) is 0 Å². The Bertz CT molecular complexity index is 662. The molecule has 0 fully saturated rings.